The summed E-state index contributed by atoms with van der Waals surface area (Å²) in [6.45, 7) is 0. The molecule has 12 aromatic rings. The minimum absolute atomic E-state index is 0.453. The van der Waals surface area contributed by atoms with Gasteiger partial charge in [0.2, 0.25) is 0 Å². The molecule has 2 fully saturated rings. The second-order valence-corrected chi connectivity index (χ2v) is 23.9. The molecule has 1 nitrogen and oxygen atoms in total. The Hall–Kier alpha value is -8.04. The molecule has 4 aliphatic carbocycles. The number of nitrogens with zero attached hydrogens (tertiary/aromatic N) is 1. The maximum Gasteiger partial charge on any atom is 0.0726 e. The molecule has 0 atom stereocenters. The number of hydrogen-bond acceptors (Lipinski definition) is 2. The van der Waals surface area contributed by atoms with Gasteiger partial charge in [0.15, 0.2) is 0 Å². The van der Waals surface area contributed by atoms with Gasteiger partial charge >= 0.3 is 0 Å². The van der Waals surface area contributed by atoms with Crippen molar-refractivity contribution in [3.63, 3.8) is 0 Å². The van der Waals surface area contributed by atoms with Crippen LogP contribution in [0.5, 0.6) is 0 Å². The van der Waals surface area contributed by atoms with Crippen molar-refractivity contribution >= 4 is 70.1 Å². The van der Waals surface area contributed by atoms with Crippen LogP contribution in [0.4, 0.5) is 17.1 Å². The zero-order valence-electron chi connectivity index (χ0n) is 43.4. The van der Waals surface area contributed by atoms with E-state index in [0.29, 0.717) is 11.8 Å². The minimum atomic E-state index is -0.453. The smallest absolute Gasteiger partial charge is 0.0726 e. The van der Waals surface area contributed by atoms with Crippen molar-refractivity contribution in [1.82, 2.24) is 0 Å². The third kappa shape index (κ3) is 7.18. The van der Waals surface area contributed by atoms with Crippen LogP contribution in [0, 0.1) is 0 Å². The summed E-state index contributed by atoms with van der Waals surface area (Å²) in [6, 6.07) is 87.0. The lowest BCUT2D eigenvalue weighted by atomic mass is 9.69. The van der Waals surface area contributed by atoms with Gasteiger partial charge < -0.3 is 4.90 Å². The molecule has 0 unspecified atom stereocenters. The predicted molar refractivity (Wildman–Crippen MR) is 328 cm³/mol. The molecule has 1 spiro atoms. The highest BCUT2D eigenvalue weighted by Gasteiger charge is 2.52. The van der Waals surface area contributed by atoms with Gasteiger partial charge in [0.1, 0.15) is 0 Å². The fourth-order valence-corrected chi connectivity index (χ4v) is 16.0. The molecule has 0 N–H and O–H groups in total. The summed E-state index contributed by atoms with van der Waals surface area (Å²) in [7, 11) is 0. The van der Waals surface area contributed by atoms with Gasteiger partial charge in [-0.15, -0.1) is 11.3 Å². The van der Waals surface area contributed by atoms with Crippen molar-refractivity contribution in [2.45, 2.75) is 81.5 Å². The van der Waals surface area contributed by atoms with Gasteiger partial charge in [-0.3, -0.25) is 0 Å². The first-order chi connectivity index (χ1) is 38.1. The Labute approximate surface area is 456 Å². The second-order valence-electron chi connectivity index (χ2n) is 22.8. The molecule has 0 saturated heterocycles. The van der Waals surface area contributed by atoms with Gasteiger partial charge in [0.05, 0.1) is 11.1 Å². The molecule has 2 saturated carbocycles. The number of benzene rings is 11. The maximum atomic E-state index is 2.69. The van der Waals surface area contributed by atoms with Gasteiger partial charge in [-0.2, -0.15) is 0 Å². The Balaban J connectivity index is 0.865. The zero-order chi connectivity index (χ0) is 50.6. The topological polar surface area (TPSA) is 3.24 Å². The first-order valence-electron chi connectivity index (χ1n) is 28.5. The summed E-state index contributed by atoms with van der Waals surface area (Å²) in [5, 5.41) is 7.64. The first-order valence-corrected chi connectivity index (χ1v) is 29.3. The molecule has 2 heteroatoms. The molecule has 11 aromatic carbocycles. The average Bonchev–Trinajstić information content (AvgIpc) is 4.35. The molecule has 0 bridgehead atoms. The Morgan fingerprint density at radius 1 is 0.338 bits per heavy atom. The quantitative estimate of drug-likeness (QED) is 0.154. The molecule has 0 aliphatic heterocycles. The van der Waals surface area contributed by atoms with Crippen molar-refractivity contribution in [1.29, 1.82) is 0 Å². The van der Waals surface area contributed by atoms with Crippen molar-refractivity contribution < 1.29 is 0 Å². The molecule has 16 rings (SSSR count). The molecule has 77 heavy (non-hydrogen) atoms. The Morgan fingerprint density at radius 3 is 1.51 bits per heavy atom. The van der Waals surface area contributed by atoms with Gasteiger partial charge in [-0.1, -0.05) is 202 Å². The number of thiophene rings is 1. The van der Waals surface area contributed by atoms with E-state index in [1.54, 1.807) is 0 Å². The van der Waals surface area contributed by atoms with Gasteiger partial charge in [0, 0.05) is 31.5 Å². The van der Waals surface area contributed by atoms with Crippen LogP contribution >= 0.6 is 11.3 Å². The third-order valence-electron chi connectivity index (χ3n) is 18.6. The van der Waals surface area contributed by atoms with Crippen LogP contribution < -0.4 is 4.90 Å². The third-order valence-corrected chi connectivity index (χ3v) is 19.8. The monoisotopic (exact) mass is 1010 g/mol. The highest BCUT2D eigenvalue weighted by Crippen LogP contribution is 2.64. The molecule has 0 amide bonds. The first kappa shape index (κ1) is 45.2. The van der Waals surface area contributed by atoms with E-state index in [4.69, 9.17) is 0 Å². The van der Waals surface area contributed by atoms with E-state index >= 15 is 0 Å². The number of hydrogen-bond donors (Lipinski definition) is 0. The van der Waals surface area contributed by atoms with Crippen molar-refractivity contribution in [3.05, 3.63) is 258 Å². The van der Waals surface area contributed by atoms with Crippen LogP contribution in [0.25, 0.3) is 86.2 Å². The summed E-state index contributed by atoms with van der Waals surface area (Å²) in [5.74, 6) is 1.22. The highest BCUT2D eigenvalue weighted by molar-refractivity contribution is 7.26. The van der Waals surface area contributed by atoms with E-state index in [9.17, 15) is 0 Å². The van der Waals surface area contributed by atoms with Crippen LogP contribution in [-0.4, -0.2) is 0 Å². The van der Waals surface area contributed by atoms with Crippen LogP contribution in [0.2, 0.25) is 0 Å². The zero-order valence-corrected chi connectivity index (χ0v) is 44.3. The van der Waals surface area contributed by atoms with Crippen molar-refractivity contribution in [2.24, 2.45) is 0 Å². The van der Waals surface area contributed by atoms with Crippen molar-refractivity contribution in [3.8, 4) is 44.5 Å². The van der Waals surface area contributed by atoms with Gasteiger partial charge in [-0.25, -0.2) is 0 Å². The molecule has 370 valence electrons. The molecule has 1 aromatic heterocycles. The minimum Gasteiger partial charge on any atom is -0.310 e. The number of rotatable bonds is 7. The number of anilines is 3. The molecule has 0 radical (unpaired) electrons. The lowest BCUT2D eigenvalue weighted by molar-refractivity contribution is 0.443. The van der Waals surface area contributed by atoms with E-state index in [-0.39, 0.29) is 0 Å². The Morgan fingerprint density at radius 2 is 0.831 bits per heavy atom. The van der Waals surface area contributed by atoms with Gasteiger partial charge in [0.25, 0.3) is 0 Å². The normalized spacial score (nSPS) is 15.8. The second kappa shape index (κ2) is 18.0. The largest absolute Gasteiger partial charge is 0.310 e. The lowest BCUT2D eigenvalue weighted by Crippen LogP contribution is -2.27. The standard InChI is InChI=1S/C75H59NS/c1-3-14-48(15-4-1)58-34-39-63-64-40-35-59(49-16-5-2-6-17-49)46-69(64)75(68(63)45-58)67-22-11-9-20-62(67)65-41-38-61(47-70(65)75)76(71-23-13-25-73-74(71)66-21-10-12-24-72(66)77-73)60-36-32-51(33-37-60)53-28-29-56-44-57(31-30-55(56)43-53)54-27-26-50-18-7-8-19-52(50)42-54/h7-13,18-49H,1-6,14-17H2. The highest BCUT2D eigenvalue weighted by atomic mass is 32.1. The fourth-order valence-electron chi connectivity index (χ4n) is 14.9. The lowest BCUT2D eigenvalue weighted by Gasteiger charge is -2.34. The summed E-state index contributed by atoms with van der Waals surface area (Å²) in [5.41, 5.74) is 22.4. The summed E-state index contributed by atoms with van der Waals surface area (Å²) < 4.78 is 2.62. The molecule has 1 heterocycles. The summed E-state index contributed by atoms with van der Waals surface area (Å²) in [4.78, 5) is 2.57. The Kier molecular flexibility index (Phi) is 10.6. The average molecular weight is 1010 g/mol. The van der Waals surface area contributed by atoms with Gasteiger partial charge in [-0.05, 0) is 198 Å². The van der Waals surface area contributed by atoms with E-state index in [0.717, 1.165) is 5.69 Å². The maximum absolute atomic E-state index is 2.69. The van der Waals surface area contributed by atoms with E-state index in [2.05, 4.69) is 229 Å². The SMILES string of the molecule is c1ccc2c(c1)-c1ccc(N(c3ccc(-c4ccc5cc(-c6ccc7ccccc7c6)ccc5c4)cc3)c3cccc4sc5ccccc5c34)cc1C21c2cc(C3CCCCC3)ccc2-c2ccc(C3CCCCC3)cc21. The summed E-state index contributed by atoms with van der Waals surface area (Å²) >= 11 is 1.89. The molecular formula is C75H59NS. The van der Waals surface area contributed by atoms with Crippen LogP contribution in [0.15, 0.2) is 224 Å². The van der Waals surface area contributed by atoms with E-state index in [1.807, 2.05) is 11.3 Å². The molecule has 4 aliphatic rings. The van der Waals surface area contributed by atoms with E-state index < -0.39 is 5.41 Å². The number of fused-ring (bicyclic) bond motifs is 15. The fraction of sp³-hybridized carbons (Fsp3) is 0.173. The van der Waals surface area contributed by atoms with Crippen molar-refractivity contribution in [2.75, 3.05) is 4.90 Å². The van der Waals surface area contributed by atoms with E-state index in [1.165, 1.54) is 195 Å². The summed E-state index contributed by atoms with van der Waals surface area (Å²) in [6.07, 6.45) is 13.2. The van der Waals surface area contributed by atoms with Crippen LogP contribution in [-0.2, 0) is 5.41 Å². The van der Waals surface area contributed by atoms with Crippen LogP contribution in [0.3, 0.4) is 0 Å². The van der Waals surface area contributed by atoms with Crippen LogP contribution in [0.1, 0.15) is 109 Å². The molecular weight excluding hydrogens is 947 g/mol. The Bertz CT molecular complexity index is 4250. The predicted octanol–water partition coefficient (Wildman–Crippen LogP) is 21.6.